The first-order valence-corrected chi connectivity index (χ1v) is 5.00. The van der Waals surface area contributed by atoms with Gasteiger partial charge in [0, 0.05) is 0 Å². The summed E-state index contributed by atoms with van der Waals surface area (Å²) < 4.78 is 5.03. The fraction of sp³-hybridized carbons (Fsp3) is 0.273. The molecule has 0 bridgehead atoms. The Hall–Kier alpha value is -1.53. The van der Waals surface area contributed by atoms with Gasteiger partial charge in [-0.15, -0.1) is 11.6 Å². The Morgan fingerprint density at radius 2 is 2.13 bits per heavy atom. The first kappa shape index (κ1) is 11.5. The highest BCUT2D eigenvalue weighted by molar-refractivity contribution is 6.18. The molecule has 0 spiro atoms. The van der Waals surface area contributed by atoms with E-state index in [1.165, 1.54) is 0 Å². The summed E-state index contributed by atoms with van der Waals surface area (Å²) in [6.45, 7) is 0. The summed E-state index contributed by atoms with van der Waals surface area (Å²) in [7, 11) is 0. The molecule has 0 aliphatic carbocycles. The van der Waals surface area contributed by atoms with Crippen LogP contribution in [0.4, 0.5) is 0 Å². The van der Waals surface area contributed by atoms with Gasteiger partial charge >= 0.3 is 5.97 Å². The van der Waals surface area contributed by atoms with Crippen LogP contribution in [-0.2, 0) is 4.74 Å². The lowest BCUT2D eigenvalue weighted by atomic mass is 10.2. The molecule has 0 saturated heterocycles. The lowest BCUT2D eigenvalue weighted by molar-refractivity contribution is 0.0357. The second kappa shape index (κ2) is 6.05. The lowest BCUT2D eigenvalue weighted by Gasteiger charge is -2.11. The molecule has 1 rings (SSSR count). The van der Waals surface area contributed by atoms with Crippen molar-refractivity contribution in [3.8, 4) is 6.07 Å². The van der Waals surface area contributed by atoms with E-state index in [1.54, 1.807) is 24.3 Å². The molecule has 1 atom stereocenters. The molecule has 1 unspecified atom stereocenters. The monoisotopic (exact) mass is 223 g/mol. The van der Waals surface area contributed by atoms with E-state index >= 15 is 0 Å². The van der Waals surface area contributed by atoms with E-state index < -0.39 is 12.1 Å². The number of halogens is 1. The minimum absolute atomic E-state index is 0.113. The quantitative estimate of drug-likeness (QED) is 0.582. The highest BCUT2D eigenvalue weighted by Crippen LogP contribution is 2.07. The second-order valence-electron chi connectivity index (χ2n) is 2.91. The molecular formula is C11H10ClNO2. The summed E-state index contributed by atoms with van der Waals surface area (Å²) in [4.78, 5) is 11.5. The Morgan fingerprint density at radius 1 is 1.47 bits per heavy atom. The van der Waals surface area contributed by atoms with Gasteiger partial charge in [0.2, 0.25) is 0 Å². The van der Waals surface area contributed by atoms with E-state index in [4.69, 9.17) is 21.6 Å². The van der Waals surface area contributed by atoms with Gasteiger partial charge in [-0.2, -0.15) is 5.26 Å². The third-order valence-corrected chi connectivity index (χ3v) is 2.12. The number of ether oxygens (including phenoxy) is 1. The molecule has 1 aromatic rings. The molecule has 4 heteroatoms. The Labute approximate surface area is 93.2 Å². The summed E-state index contributed by atoms with van der Waals surface area (Å²) in [5.41, 5.74) is 0.463. The molecule has 3 nitrogen and oxygen atoms in total. The Kier molecular flexibility index (Phi) is 4.65. The number of rotatable bonds is 4. The molecule has 1 aromatic carbocycles. The van der Waals surface area contributed by atoms with E-state index in [1.807, 2.05) is 12.1 Å². The smallest absolute Gasteiger partial charge is 0.338 e. The molecule has 0 N–H and O–H groups in total. The summed E-state index contributed by atoms with van der Waals surface area (Å²) in [5, 5.41) is 8.45. The first-order chi connectivity index (χ1) is 7.27. The Morgan fingerprint density at radius 3 is 2.67 bits per heavy atom. The van der Waals surface area contributed by atoms with Gasteiger partial charge in [0.15, 0.2) is 0 Å². The van der Waals surface area contributed by atoms with Crippen LogP contribution in [0.2, 0.25) is 0 Å². The summed E-state index contributed by atoms with van der Waals surface area (Å²) in [5.74, 6) is -0.317. The average Bonchev–Trinajstić information content (AvgIpc) is 2.29. The first-order valence-electron chi connectivity index (χ1n) is 4.47. The van der Waals surface area contributed by atoms with E-state index in [9.17, 15) is 4.79 Å². The van der Waals surface area contributed by atoms with Gasteiger partial charge in [-0.05, 0) is 12.1 Å². The van der Waals surface area contributed by atoms with Crippen molar-refractivity contribution >= 4 is 17.6 Å². The standard InChI is InChI=1S/C11H10ClNO2/c12-8-10(6-7-13)15-11(14)9-4-2-1-3-5-9/h1-5,10H,6,8H2. The van der Waals surface area contributed by atoms with Crippen molar-refractivity contribution in [1.29, 1.82) is 5.26 Å². The lowest BCUT2D eigenvalue weighted by Crippen LogP contribution is -2.19. The highest BCUT2D eigenvalue weighted by atomic mass is 35.5. The van der Waals surface area contributed by atoms with E-state index in [-0.39, 0.29) is 12.3 Å². The normalized spacial score (nSPS) is 11.5. The molecule has 15 heavy (non-hydrogen) atoms. The predicted molar refractivity (Wildman–Crippen MR) is 56.6 cm³/mol. The SMILES string of the molecule is N#CCC(CCl)OC(=O)c1ccccc1. The average molecular weight is 224 g/mol. The zero-order valence-electron chi connectivity index (χ0n) is 8.02. The van der Waals surface area contributed by atoms with Gasteiger partial charge in [-0.3, -0.25) is 0 Å². The highest BCUT2D eigenvalue weighted by Gasteiger charge is 2.14. The molecule has 0 fully saturated rings. The van der Waals surface area contributed by atoms with Gasteiger partial charge in [-0.25, -0.2) is 4.79 Å². The van der Waals surface area contributed by atoms with Crippen LogP contribution >= 0.6 is 11.6 Å². The predicted octanol–water partition coefficient (Wildman–Crippen LogP) is 2.36. The number of nitrogens with zero attached hydrogens (tertiary/aromatic N) is 1. The minimum Gasteiger partial charge on any atom is -0.456 e. The van der Waals surface area contributed by atoms with E-state index in [2.05, 4.69) is 0 Å². The number of hydrogen-bond donors (Lipinski definition) is 0. The molecule has 0 aromatic heterocycles. The number of carbonyl (C=O) groups excluding carboxylic acids is 1. The molecule has 0 aliphatic heterocycles. The number of esters is 1. The number of benzene rings is 1. The van der Waals surface area contributed by atoms with Gasteiger partial charge in [0.05, 0.1) is 23.9 Å². The van der Waals surface area contributed by atoms with Crippen LogP contribution in [0.1, 0.15) is 16.8 Å². The van der Waals surface area contributed by atoms with Crippen LogP contribution in [0.5, 0.6) is 0 Å². The largest absolute Gasteiger partial charge is 0.456 e. The number of carbonyl (C=O) groups is 1. The molecule has 0 heterocycles. The Balaban J connectivity index is 2.59. The zero-order chi connectivity index (χ0) is 11.1. The van der Waals surface area contributed by atoms with Crippen molar-refractivity contribution in [2.45, 2.75) is 12.5 Å². The van der Waals surface area contributed by atoms with Crippen LogP contribution in [0.25, 0.3) is 0 Å². The molecular weight excluding hydrogens is 214 g/mol. The topological polar surface area (TPSA) is 50.1 Å². The van der Waals surface area contributed by atoms with Gasteiger partial charge in [0.25, 0.3) is 0 Å². The third-order valence-electron chi connectivity index (χ3n) is 1.77. The van der Waals surface area contributed by atoms with Crippen LogP contribution in [0.3, 0.4) is 0 Å². The van der Waals surface area contributed by atoms with Crippen molar-refractivity contribution < 1.29 is 9.53 Å². The van der Waals surface area contributed by atoms with E-state index in [0.717, 1.165) is 0 Å². The van der Waals surface area contributed by atoms with E-state index in [0.29, 0.717) is 5.56 Å². The summed E-state index contributed by atoms with van der Waals surface area (Å²) >= 11 is 5.55. The summed E-state index contributed by atoms with van der Waals surface area (Å²) in [6.07, 6.45) is -0.424. The van der Waals surface area contributed by atoms with Crippen molar-refractivity contribution in [1.82, 2.24) is 0 Å². The summed E-state index contributed by atoms with van der Waals surface area (Å²) in [6, 6.07) is 10.5. The fourth-order valence-corrected chi connectivity index (χ4v) is 1.20. The van der Waals surface area contributed by atoms with Crippen LogP contribution in [-0.4, -0.2) is 18.0 Å². The Bertz CT molecular complexity index is 359. The van der Waals surface area contributed by atoms with Crippen LogP contribution in [0, 0.1) is 11.3 Å². The van der Waals surface area contributed by atoms with Crippen molar-refractivity contribution in [3.05, 3.63) is 35.9 Å². The number of alkyl halides is 1. The van der Waals surface area contributed by atoms with Crippen molar-refractivity contribution in [2.24, 2.45) is 0 Å². The van der Waals surface area contributed by atoms with Gasteiger partial charge < -0.3 is 4.74 Å². The molecule has 0 aliphatic rings. The second-order valence-corrected chi connectivity index (χ2v) is 3.22. The molecule has 0 saturated carbocycles. The fourth-order valence-electron chi connectivity index (χ4n) is 1.02. The molecule has 78 valence electrons. The zero-order valence-corrected chi connectivity index (χ0v) is 8.78. The van der Waals surface area contributed by atoms with Crippen LogP contribution < -0.4 is 0 Å². The minimum atomic E-state index is -0.538. The van der Waals surface area contributed by atoms with Crippen LogP contribution in [0.15, 0.2) is 30.3 Å². The van der Waals surface area contributed by atoms with Gasteiger partial charge in [0.1, 0.15) is 6.10 Å². The maximum absolute atomic E-state index is 11.5. The maximum Gasteiger partial charge on any atom is 0.338 e. The number of nitriles is 1. The maximum atomic E-state index is 11.5. The molecule has 0 amide bonds. The third kappa shape index (κ3) is 3.61. The molecule has 0 radical (unpaired) electrons. The van der Waals surface area contributed by atoms with Gasteiger partial charge in [-0.1, -0.05) is 18.2 Å². The van der Waals surface area contributed by atoms with Crippen molar-refractivity contribution in [2.75, 3.05) is 5.88 Å². The van der Waals surface area contributed by atoms with Crippen molar-refractivity contribution in [3.63, 3.8) is 0 Å². The number of hydrogen-bond acceptors (Lipinski definition) is 3.